The first-order valence-electron chi connectivity index (χ1n) is 7.79. The van der Waals surface area contributed by atoms with Gasteiger partial charge in [0.05, 0.1) is 16.2 Å². The summed E-state index contributed by atoms with van der Waals surface area (Å²) in [6.07, 6.45) is 0. The lowest BCUT2D eigenvalue weighted by atomic mass is 10.1. The molecule has 0 amide bonds. The van der Waals surface area contributed by atoms with Crippen LogP contribution in [-0.4, -0.2) is 24.6 Å². The minimum Gasteiger partial charge on any atom is -0.382 e. The van der Waals surface area contributed by atoms with Crippen molar-refractivity contribution < 1.29 is 4.92 Å². The highest BCUT2D eigenvalue weighted by molar-refractivity contribution is 5.61. The van der Waals surface area contributed by atoms with Gasteiger partial charge in [0.2, 0.25) is 0 Å². The molecule has 0 radical (unpaired) electrons. The third-order valence-corrected chi connectivity index (χ3v) is 3.78. The van der Waals surface area contributed by atoms with E-state index in [-0.39, 0.29) is 11.3 Å². The molecule has 124 valence electrons. The fourth-order valence-electron chi connectivity index (χ4n) is 2.51. The van der Waals surface area contributed by atoms with Crippen LogP contribution in [0.5, 0.6) is 0 Å². The van der Waals surface area contributed by atoms with Gasteiger partial charge in [-0.25, -0.2) is 0 Å². The minimum absolute atomic E-state index is 0.0768. The van der Waals surface area contributed by atoms with Gasteiger partial charge in [-0.1, -0.05) is 12.1 Å². The first-order valence-corrected chi connectivity index (χ1v) is 7.79. The molecule has 24 heavy (non-hydrogen) atoms. The Labute approximate surface area is 141 Å². The number of nitro benzene ring substituents is 1. The molecule has 0 fully saturated rings. The molecule has 0 heterocycles. The van der Waals surface area contributed by atoms with Gasteiger partial charge in [-0.15, -0.1) is 0 Å². The standard InChI is InChI=1S/C18H20N4O2/c1-3-21(16-6-4-5-14(2)11-16)10-9-20-18-8-7-17(22(23)24)12-15(18)13-19/h4-8,11-12,20H,3,9-10H2,1-2H3. The maximum atomic E-state index is 10.8. The maximum absolute atomic E-state index is 10.8. The van der Waals surface area contributed by atoms with Crippen molar-refractivity contribution in [3.8, 4) is 6.07 Å². The van der Waals surface area contributed by atoms with E-state index in [4.69, 9.17) is 5.26 Å². The summed E-state index contributed by atoms with van der Waals surface area (Å²) in [6, 6.07) is 14.6. The summed E-state index contributed by atoms with van der Waals surface area (Å²) in [7, 11) is 0. The Morgan fingerprint density at radius 3 is 2.71 bits per heavy atom. The molecular formula is C18H20N4O2. The molecule has 1 N–H and O–H groups in total. The van der Waals surface area contributed by atoms with E-state index in [1.54, 1.807) is 6.07 Å². The number of nitrogens with one attached hydrogen (secondary N) is 1. The van der Waals surface area contributed by atoms with Crippen molar-refractivity contribution in [3.05, 3.63) is 63.7 Å². The molecule has 0 atom stereocenters. The molecule has 6 nitrogen and oxygen atoms in total. The zero-order chi connectivity index (χ0) is 17.5. The Kier molecular flexibility index (Phi) is 5.74. The quantitative estimate of drug-likeness (QED) is 0.620. The largest absolute Gasteiger partial charge is 0.382 e. The van der Waals surface area contributed by atoms with Crippen LogP contribution in [0.3, 0.4) is 0 Å². The van der Waals surface area contributed by atoms with Crippen LogP contribution in [0, 0.1) is 28.4 Å². The van der Waals surface area contributed by atoms with E-state index in [2.05, 4.69) is 42.3 Å². The van der Waals surface area contributed by atoms with Crippen molar-refractivity contribution in [3.63, 3.8) is 0 Å². The molecule has 0 aliphatic carbocycles. The second-order valence-corrected chi connectivity index (χ2v) is 5.44. The monoisotopic (exact) mass is 324 g/mol. The van der Waals surface area contributed by atoms with Crippen molar-refractivity contribution in [1.29, 1.82) is 5.26 Å². The van der Waals surface area contributed by atoms with E-state index in [1.165, 1.54) is 17.7 Å². The fraction of sp³-hybridized carbons (Fsp3) is 0.278. The van der Waals surface area contributed by atoms with Crippen LogP contribution in [0.4, 0.5) is 17.1 Å². The van der Waals surface area contributed by atoms with E-state index in [0.29, 0.717) is 12.2 Å². The number of nitrogens with zero attached hydrogens (tertiary/aromatic N) is 3. The normalized spacial score (nSPS) is 10.0. The van der Waals surface area contributed by atoms with Crippen molar-refractivity contribution in [1.82, 2.24) is 0 Å². The van der Waals surface area contributed by atoms with Crippen molar-refractivity contribution in [2.45, 2.75) is 13.8 Å². The molecule has 0 unspecified atom stereocenters. The first-order chi connectivity index (χ1) is 11.5. The zero-order valence-electron chi connectivity index (χ0n) is 13.8. The molecule has 0 saturated carbocycles. The van der Waals surface area contributed by atoms with Gasteiger partial charge in [-0.05, 0) is 37.6 Å². The van der Waals surface area contributed by atoms with Crippen LogP contribution in [0.15, 0.2) is 42.5 Å². The van der Waals surface area contributed by atoms with Gasteiger partial charge in [0, 0.05) is 37.5 Å². The molecule has 0 spiro atoms. The predicted octanol–water partition coefficient (Wildman–Crippen LogP) is 3.71. The number of non-ortho nitro benzene ring substituents is 1. The summed E-state index contributed by atoms with van der Waals surface area (Å²) in [6.45, 7) is 6.42. The van der Waals surface area contributed by atoms with Gasteiger partial charge in [0.15, 0.2) is 0 Å². The van der Waals surface area contributed by atoms with Crippen LogP contribution in [0.25, 0.3) is 0 Å². The highest BCUT2D eigenvalue weighted by Gasteiger charge is 2.11. The number of nitro groups is 1. The molecule has 6 heteroatoms. The number of aryl methyl sites for hydroxylation is 1. The fourth-order valence-corrected chi connectivity index (χ4v) is 2.51. The van der Waals surface area contributed by atoms with Gasteiger partial charge in [-0.2, -0.15) is 5.26 Å². The van der Waals surface area contributed by atoms with E-state index < -0.39 is 4.92 Å². The molecule has 2 aromatic carbocycles. The average molecular weight is 324 g/mol. The lowest BCUT2D eigenvalue weighted by Crippen LogP contribution is -2.28. The van der Waals surface area contributed by atoms with Crippen LogP contribution in [0.1, 0.15) is 18.1 Å². The molecule has 2 aromatic rings. The van der Waals surface area contributed by atoms with E-state index in [9.17, 15) is 10.1 Å². The van der Waals surface area contributed by atoms with Crippen LogP contribution < -0.4 is 10.2 Å². The Balaban J connectivity index is 2.03. The number of anilines is 2. The van der Waals surface area contributed by atoms with E-state index >= 15 is 0 Å². The Hall–Kier alpha value is -3.07. The van der Waals surface area contributed by atoms with E-state index in [1.807, 2.05) is 12.1 Å². The van der Waals surface area contributed by atoms with Gasteiger partial charge >= 0.3 is 0 Å². The van der Waals surface area contributed by atoms with Gasteiger partial charge in [0.1, 0.15) is 6.07 Å². The summed E-state index contributed by atoms with van der Waals surface area (Å²) in [5.74, 6) is 0. The number of benzene rings is 2. The summed E-state index contributed by atoms with van der Waals surface area (Å²) in [4.78, 5) is 12.5. The minimum atomic E-state index is -0.499. The third kappa shape index (κ3) is 4.23. The highest BCUT2D eigenvalue weighted by atomic mass is 16.6. The lowest BCUT2D eigenvalue weighted by molar-refractivity contribution is -0.384. The second-order valence-electron chi connectivity index (χ2n) is 5.44. The average Bonchev–Trinajstić information content (AvgIpc) is 2.58. The summed E-state index contributed by atoms with van der Waals surface area (Å²) >= 11 is 0. The molecule has 0 aliphatic rings. The van der Waals surface area contributed by atoms with Crippen molar-refractivity contribution in [2.24, 2.45) is 0 Å². The molecular weight excluding hydrogens is 304 g/mol. The SMILES string of the molecule is CCN(CCNc1ccc([N+](=O)[O-])cc1C#N)c1cccc(C)c1. The van der Waals surface area contributed by atoms with Crippen LogP contribution >= 0.6 is 0 Å². The maximum Gasteiger partial charge on any atom is 0.270 e. The van der Waals surface area contributed by atoms with Gasteiger partial charge in [-0.3, -0.25) is 10.1 Å². The Morgan fingerprint density at radius 2 is 2.08 bits per heavy atom. The number of hydrogen-bond donors (Lipinski definition) is 1. The number of nitriles is 1. The Bertz CT molecular complexity index is 768. The molecule has 2 rings (SSSR count). The lowest BCUT2D eigenvalue weighted by Gasteiger charge is -2.24. The first kappa shape index (κ1) is 17.3. The smallest absolute Gasteiger partial charge is 0.270 e. The van der Waals surface area contributed by atoms with Gasteiger partial charge < -0.3 is 10.2 Å². The summed E-state index contributed by atoms with van der Waals surface area (Å²) in [5, 5.41) is 23.1. The Morgan fingerprint density at radius 1 is 1.29 bits per heavy atom. The van der Waals surface area contributed by atoms with Crippen molar-refractivity contribution in [2.75, 3.05) is 29.9 Å². The van der Waals surface area contributed by atoms with Crippen LogP contribution in [0.2, 0.25) is 0 Å². The number of rotatable bonds is 7. The molecule has 0 saturated heterocycles. The van der Waals surface area contributed by atoms with Gasteiger partial charge in [0.25, 0.3) is 5.69 Å². The summed E-state index contributed by atoms with van der Waals surface area (Å²) < 4.78 is 0. The predicted molar refractivity (Wildman–Crippen MR) is 95.4 cm³/mol. The number of likely N-dealkylation sites (N-methyl/N-ethyl adjacent to an activating group) is 1. The summed E-state index contributed by atoms with van der Waals surface area (Å²) in [5.41, 5.74) is 3.18. The highest BCUT2D eigenvalue weighted by Crippen LogP contribution is 2.21. The van der Waals surface area contributed by atoms with Crippen LogP contribution in [-0.2, 0) is 0 Å². The van der Waals surface area contributed by atoms with Crippen molar-refractivity contribution >= 4 is 17.1 Å². The zero-order valence-corrected chi connectivity index (χ0v) is 13.8. The topological polar surface area (TPSA) is 82.2 Å². The third-order valence-electron chi connectivity index (χ3n) is 3.78. The molecule has 0 aromatic heterocycles. The molecule has 0 aliphatic heterocycles. The number of hydrogen-bond acceptors (Lipinski definition) is 5. The second kappa shape index (κ2) is 7.97. The molecule has 0 bridgehead atoms. The van der Waals surface area contributed by atoms with E-state index in [0.717, 1.165) is 18.8 Å².